The van der Waals surface area contributed by atoms with Gasteiger partial charge in [0, 0.05) is 11.5 Å². The molecule has 1 saturated heterocycles. The van der Waals surface area contributed by atoms with Gasteiger partial charge in [0.15, 0.2) is 0 Å². The van der Waals surface area contributed by atoms with Gasteiger partial charge in [-0.25, -0.2) is 4.79 Å². The molecule has 2 amide bonds. The Balaban J connectivity index is 1.47. The number of benzene rings is 4. The van der Waals surface area contributed by atoms with Crippen LogP contribution in [0, 0.1) is 0 Å². The maximum atomic E-state index is 14.1. The molecule has 1 fully saturated rings. The lowest BCUT2D eigenvalue weighted by atomic mass is 9.77. The average Bonchev–Trinajstić information content (AvgIpc) is 3.09. The maximum absolute atomic E-state index is 14.1. The first-order valence-electron chi connectivity index (χ1n) is 15.1. The molecule has 2 N–H and O–H groups in total. The van der Waals surface area contributed by atoms with Gasteiger partial charge in [0.25, 0.3) is 5.91 Å². The second-order valence-electron chi connectivity index (χ2n) is 11.2. The number of morpholine rings is 1. The van der Waals surface area contributed by atoms with E-state index in [-0.39, 0.29) is 6.54 Å². The van der Waals surface area contributed by atoms with E-state index in [0.29, 0.717) is 6.42 Å². The van der Waals surface area contributed by atoms with Crippen LogP contribution in [0.25, 0.3) is 10.4 Å². The van der Waals surface area contributed by atoms with Crippen molar-refractivity contribution >= 4 is 17.8 Å². The number of aliphatic carboxylic acids is 1. The first-order valence-corrected chi connectivity index (χ1v) is 15.1. The van der Waals surface area contributed by atoms with Crippen LogP contribution in [0.1, 0.15) is 35.6 Å². The minimum Gasteiger partial charge on any atom is -0.480 e. The summed E-state index contributed by atoms with van der Waals surface area (Å²) in [7, 11) is 0. The number of carbonyl (C=O) groups excluding carboxylic acids is 2. The molecule has 0 radical (unpaired) electrons. The van der Waals surface area contributed by atoms with Crippen molar-refractivity contribution in [3.05, 3.63) is 154 Å². The molecule has 0 bridgehead atoms. The van der Waals surface area contributed by atoms with Crippen molar-refractivity contribution in [1.29, 1.82) is 0 Å². The molecule has 5 rings (SSSR count). The molecule has 234 valence electrons. The number of carboxylic acid groups (broad SMARTS) is 1. The summed E-state index contributed by atoms with van der Waals surface area (Å²) in [6.45, 7) is 1.37. The summed E-state index contributed by atoms with van der Waals surface area (Å²) in [4.78, 5) is 44.4. The lowest BCUT2D eigenvalue weighted by Gasteiger charge is -2.41. The molecule has 10 heteroatoms. The van der Waals surface area contributed by atoms with E-state index in [1.165, 1.54) is 11.8 Å². The van der Waals surface area contributed by atoms with E-state index in [0.717, 1.165) is 22.3 Å². The number of carbonyl (C=O) groups is 3. The predicted molar refractivity (Wildman–Crippen MR) is 173 cm³/mol. The standard InChI is InChI=1S/C36H35N5O5/c1-25-34(43)41(24-32(46-25)30(39-40-37)22-26-14-6-2-7-15-26)31(35(44)45)23-33(42)38-36(27-16-8-3-9-17-27,28-18-10-4-11-19-28)29-20-12-5-13-21-29/h2-21,25,30-32H,22-24H2,1H3,(H,38,42)(H,44,45)/t25-,30-,31-,32+/m0/s1. The second-order valence-corrected chi connectivity index (χ2v) is 11.2. The number of nitrogens with zero attached hydrogens (tertiary/aromatic N) is 4. The molecule has 1 aliphatic heterocycles. The summed E-state index contributed by atoms with van der Waals surface area (Å²) in [5, 5.41) is 17.5. The summed E-state index contributed by atoms with van der Waals surface area (Å²) in [5.74, 6) is -2.45. The SMILES string of the molecule is C[C@@H]1O[C@@H]([C@H](Cc2ccccc2)N=[N+]=[N-])CN([C@@H](CC(=O)NC(c2ccccc2)(c2ccccc2)c2ccccc2)C(=O)O)C1=O. The Morgan fingerprint density at radius 1 is 0.913 bits per heavy atom. The third kappa shape index (κ3) is 6.94. The van der Waals surface area contributed by atoms with Crippen LogP contribution in [0.2, 0.25) is 0 Å². The second kappa shape index (κ2) is 14.6. The van der Waals surface area contributed by atoms with Gasteiger partial charge in [0.2, 0.25) is 5.91 Å². The maximum Gasteiger partial charge on any atom is 0.326 e. The zero-order chi connectivity index (χ0) is 32.5. The highest BCUT2D eigenvalue weighted by molar-refractivity contribution is 5.91. The van der Waals surface area contributed by atoms with Crippen molar-refractivity contribution in [3.63, 3.8) is 0 Å². The molecule has 4 aromatic carbocycles. The predicted octanol–water partition coefficient (Wildman–Crippen LogP) is 5.48. The molecular weight excluding hydrogens is 582 g/mol. The van der Waals surface area contributed by atoms with E-state index in [4.69, 9.17) is 4.74 Å². The van der Waals surface area contributed by atoms with E-state index >= 15 is 0 Å². The van der Waals surface area contributed by atoms with E-state index in [9.17, 15) is 25.0 Å². The molecule has 4 atom stereocenters. The van der Waals surface area contributed by atoms with Gasteiger partial charge in [-0.15, -0.1) is 0 Å². The summed E-state index contributed by atoms with van der Waals surface area (Å²) < 4.78 is 5.96. The third-order valence-electron chi connectivity index (χ3n) is 8.29. The smallest absolute Gasteiger partial charge is 0.326 e. The normalized spacial score (nSPS) is 17.8. The Kier molecular flexibility index (Phi) is 10.1. The Morgan fingerprint density at radius 2 is 1.39 bits per heavy atom. The highest BCUT2D eigenvalue weighted by atomic mass is 16.5. The Hall–Kier alpha value is -5.44. The number of rotatable bonds is 12. The van der Waals surface area contributed by atoms with Crippen LogP contribution >= 0.6 is 0 Å². The quantitative estimate of drug-likeness (QED) is 0.0937. The molecular formula is C36H35N5O5. The van der Waals surface area contributed by atoms with Gasteiger partial charge in [0.1, 0.15) is 17.7 Å². The van der Waals surface area contributed by atoms with Crippen molar-refractivity contribution in [2.24, 2.45) is 5.11 Å². The van der Waals surface area contributed by atoms with Crippen LogP contribution in [0.4, 0.5) is 0 Å². The Morgan fingerprint density at radius 3 is 1.85 bits per heavy atom. The zero-order valence-electron chi connectivity index (χ0n) is 25.3. The first kappa shape index (κ1) is 32.0. The molecule has 1 aliphatic rings. The summed E-state index contributed by atoms with van der Waals surface area (Å²) in [5.41, 5.74) is 11.4. The number of amides is 2. The highest BCUT2D eigenvalue weighted by Gasteiger charge is 2.44. The fraction of sp³-hybridized carbons (Fsp3) is 0.250. The van der Waals surface area contributed by atoms with Gasteiger partial charge in [0.05, 0.1) is 18.6 Å². The molecule has 46 heavy (non-hydrogen) atoms. The van der Waals surface area contributed by atoms with Crippen molar-refractivity contribution in [1.82, 2.24) is 10.2 Å². The van der Waals surface area contributed by atoms with E-state index in [1.54, 1.807) is 0 Å². The summed E-state index contributed by atoms with van der Waals surface area (Å²) in [6, 6.07) is 35.6. The molecule has 4 aromatic rings. The fourth-order valence-electron chi connectivity index (χ4n) is 6.09. The molecule has 0 aromatic heterocycles. The summed E-state index contributed by atoms with van der Waals surface area (Å²) >= 11 is 0. The first-order chi connectivity index (χ1) is 22.3. The number of azide groups is 1. The molecule has 0 aliphatic carbocycles. The van der Waals surface area contributed by atoms with Crippen LogP contribution in [-0.4, -0.2) is 58.6 Å². The Bertz CT molecular complexity index is 1580. The van der Waals surface area contributed by atoms with Crippen LogP contribution in [0.3, 0.4) is 0 Å². The molecule has 0 unspecified atom stereocenters. The molecule has 0 saturated carbocycles. The van der Waals surface area contributed by atoms with Gasteiger partial charge in [-0.2, -0.15) is 0 Å². The van der Waals surface area contributed by atoms with Gasteiger partial charge in [-0.3, -0.25) is 9.59 Å². The lowest BCUT2D eigenvalue weighted by molar-refractivity contribution is -0.172. The minimum atomic E-state index is -1.50. The van der Waals surface area contributed by atoms with Crippen molar-refractivity contribution in [3.8, 4) is 0 Å². The number of nitrogens with one attached hydrogen (secondary N) is 1. The van der Waals surface area contributed by atoms with Crippen LogP contribution in [0.15, 0.2) is 126 Å². The van der Waals surface area contributed by atoms with Gasteiger partial charge < -0.3 is 20.1 Å². The molecule has 10 nitrogen and oxygen atoms in total. The highest BCUT2D eigenvalue weighted by Crippen LogP contribution is 2.37. The summed E-state index contributed by atoms with van der Waals surface area (Å²) in [6.07, 6.45) is -1.98. The topological polar surface area (TPSA) is 145 Å². The number of ether oxygens (including phenoxy) is 1. The number of hydrogen-bond acceptors (Lipinski definition) is 5. The van der Waals surface area contributed by atoms with Gasteiger partial charge in [-0.05, 0) is 41.1 Å². The average molecular weight is 618 g/mol. The lowest BCUT2D eigenvalue weighted by Crippen LogP contribution is -2.60. The zero-order valence-corrected chi connectivity index (χ0v) is 25.3. The number of carboxylic acids is 1. The van der Waals surface area contributed by atoms with Gasteiger partial charge in [-0.1, -0.05) is 126 Å². The third-order valence-corrected chi connectivity index (χ3v) is 8.29. The van der Waals surface area contributed by atoms with E-state index in [1.807, 2.05) is 121 Å². The van der Waals surface area contributed by atoms with E-state index < -0.39 is 54.0 Å². The monoisotopic (exact) mass is 617 g/mol. The van der Waals surface area contributed by atoms with E-state index in [2.05, 4.69) is 15.3 Å². The largest absolute Gasteiger partial charge is 0.480 e. The van der Waals surface area contributed by atoms with Crippen molar-refractivity contribution in [2.75, 3.05) is 6.54 Å². The van der Waals surface area contributed by atoms with Crippen LogP contribution in [-0.2, 0) is 31.1 Å². The molecule has 1 heterocycles. The van der Waals surface area contributed by atoms with Crippen LogP contribution < -0.4 is 5.32 Å². The Labute approximate surface area is 267 Å². The number of hydrogen-bond donors (Lipinski definition) is 2. The van der Waals surface area contributed by atoms with Gasteiger partial charge >= 0.3 is 5.97 Å². The molecule has 0 spiro atoms. The fourth-order valence-corrected chi connectivity index (χ4v) is 6.09. The van der Waals surface area contributed by atoms with Crippen LogP contribution in [0.5, 0.6) is 0 Å². The minimum absolute atomic E-state index is 0.162. The van der Waals surface area contributed by atoms with Crippen molar-refractivity contribution < 1.29 is 24.2 Å². The van der Waals surface area contributed by atoms with Crippen molar-refractivity contribution in [2.45, 2.75) is 49.6 Å².